The molecule has 0 aromatic heterocycles. The second-order valence-electron chi connectivity index (χ2n) is 5.72. The summed E-state index contributed by atoms with van der Waals surface area (Å²) in [6.45, 7) is 5.58. The predicted octanol–water partition coefficient (Wildman–Crippen LogP) is 4.11. The molecule has 0 saturated heterocycles. The predicted molar refractivity (Wildman–Crippen MR) is 67.9 cm³/mol. The van der Waals surface area contributed by atoms with Gasteiger partial charge in [-0.3, -0.25) is 0 Å². The average Bonchev–Trinajstić information content (AvgIpc) is 2.61. The quantitative estimate of drug-likeness (QED) is 0.630. The van der Waals surface area contributed by atoms with Crippen LogP contribution in [0.2, 0.25) is 0 Å². The molecule has 2 N–H and O–H groups in total. The monoisotopic (exact) mass is 211 g/mol. The Morgan fingerprint density at radius 2 is 1.93 bits per heavy atom. The average molecular weight is 211 g/mol. The molecule has 1 aliphatic rings. The van der Waals surface area contributed by atoms with Crippen molar-refractivity contribution in [3.8, 4) is 0 Å². The molecule has 90 valence electrons. The van der Waals surface area contributed by atoms with Gasteiger partial charge in [-0.1, -0.05) is 52.4 Å². The highest BCUT2D eigenvalue weighted by Crippen LogP contribution is 2.44. The van der Waals surface area contributed by atoms with Gasteiger partial charge in [0, 0.05) is 0 Å². The summed E-state index contributed by atoms with van der Waals surface area (Å²) in [5, 5.41) is 0. The third-order valence-corrected chi connectivity index (χ3v) is 4.19. The minimum Gasteiger partial charge on any atom is -0.330 e. The van der Waals surface area contributed by atoms with E-state index < -0.39 is 0 Å². The summed E-state index contributed by atoms with van der Waals surface area (Å²) >= 11 is 0. The molecule has 0 amide bonds. The fourth-order valence-electron chi connectivity index (χ4n) is 3.11. The van der Waals surface area contributed by atoms with Gasteiger partial charge in [0.05, 0.1) is 0 Å². The Morgan fingerprint density at radius 3 is 2.47 bits per heavy atom. The van der Waals surface area contributed by atoms with Crippen molar-refractivity contribution in [2.45, 2.75) is 71.6 Å². The van der Waals surface area contributed by atoms with E-state index in [2.05, 4.69) is 13.8 Å². The number of hydrogen-bond acceptors (Lipinski definition) is 1. The molecule has 0 heterocycles. The zero-order valence-corrected chi connectivity index (χ0v) is 10.7. The Bertz CT molecular complexity index is 167. The van der Waals surface area contributed by atoms with Crippen LogP contribution >= 0.6 is 0 Å². The van der Waals surface area contributed by atoms with Gasteiger partial charge in [-0.25, -0.2) is 0 Å². The first-order valence-electron chi connectivity index (χ1n) is 6.92. The molecule has 0 aliphatic heterocycles. The van der Waals surface area contributed by atoms with Gasteiger partial charge in [0.15, 0.2) is 0 Å². The summed E-state index contributed by atoms with van der Waals surface area (Å²) in [4.78, 5) is 0. The second kappa shape index (κ2) is 6.52. The van der Waals surface area contributed by atoms with Crippen LogP contribution in [0.4, 0.5) is 0 Å². The molecule has 1 nitrogen and oxygen atoms in total. The smallest absolute Gasteiger partial charge is 0.00204 e. The van der Waals surface area contributed by atoms with Gasteiger partial charge in [0.2, 0.25) is 0 Å². The summed E-state index contributed by atoms with van der Waals surface area (Å²) in [6.07, 6.45) is 12.6. The first kappa shape index (κ1) is 13.0. The molecule has 1 rings (SSSR count). The minimum absolute atomic E-state index is 0.533. The summed E-state index contributed by atoms with van der Waals surface area (Å²) in [5.74, 6) is 0.921. The molecule has 0 aromatic rings. The van der Waals surface area contributed by atoms with E-state index in [-0.39, 0.29) is 0 Å². The van der Waals surface area contributed by atoms with E-state index in [1.54, 1.807) is 0 Å². The molecular formula is C14H29N. The van der Waals surface area contributed by atoms with E-state index in [1.807, 2.05) is 0 Å². The zero-order valence-electron chi connectivity index (χ0n) is 10.7. The Hall–Kier alpha value is -0.0400. The SMILES string of the molecule is CCCCCCCC1(CN)CCC(C)C1. The van der Waals surface area contributed by atoms with Gasteiger partial charge in [-0.2, -0.15) is 0 Å². The number of unbranched alkanes of at least 4 members (excludes halogenated alkanes) is 4. The summed E-state index contributed by atoms with van der Waals surface area (Å²) in [5.41, 5.74) is 6.51. The van der Waals surface area contributed by atoms with Crippen LogP contribution in [0.15, 0.2) is 0 Å². The molecular weight excluding hydrogens is 182 g/mol. The van der Waals surface area contributed by atoms with Crippen LogP contribution in [0.1, 0.15) is 71.6 Å². The number of nitrogens with two attached hydrogens (primary N) is 1. The van der Waals surface area contributed by atoms with Gasteiger partial charge in [-0.05, 0) is 37.1 Å². The standard InChI is InChI=1S/C14H29N/c1-3-4-5-6-7-9-14(12-15)10-8-13(2)11-14/h13H,3-12,15H2,1-2H3. The van der Waals surface area contributed by atoms with Crippen LogP contribution in [0, 0.1) is 11.3 Å². The van der Waals surface area contributed by atoms with Crippen molar-refractivity contribution >= 4 is 0 Å². The van der Waals surface area contributed by atoms with Gasteiger partial charge >= 0.3 is 0 Å². The van der Waals surface area contributed by atoms with E-state index >= 15 is 0 Å². The van der Waals surface area contributed by atoms with Crippen molar-refractivity contribution in [2.75, 3.05) is 6.54 Å². The number of hydrogen-bond donors (Lipinski definition) is 1. The molecule has 0 bridgehead atoms. The maximum atomic E-state index is 5.97. The van der Waals surface area contributed by atoms with Crippen LogP contribution in [-0.2, 0) is 0 Å². The van der Waals surface area contributed by atoms with E-state index in [9.17, 15) is 0 Å². The first-order valence-corrected chi connectivity index (χ1v) is 6.92. The molecule has 0 radical (unpaired) electrons. The molecule has 2 unspecified atom stereocenters. The molecule has 1 heteroatoms. The van der Waals surface area contributed by atoms with Crippen LogP contribution in [0.3, 0.4) is 0 Å². The number of rotatable bonds is 7. The summed E-state index contributed by atoms with van der Waals surface area (Å²) in [6, 6.07) is 0. The highest BCUT2D eigenvalue weighted by molar-refractivity contribution is 4.88. The van der Waals surface area contributed by atoms with Crippen molar-refractivity contribution in [3.05, 3.63) is 0 Å². The highest BCUT2D eigenvalue weighted by Gasteiger charge is 2.35. The molecule has 0 aromatic carbocycles. The molecule has 1 aliphatic carbocycles. The van der Waals surface area contributed by atoms with Gasteiger partial charge < -0.3 is 5.73 Å². The lowest BCUT2D eigenvalue weighted by molar-refractivity contribution is 0.262. The molecule has 1 saturated carbocycles. The molecule has 2 atom stereocenters. The van der Waals surface area contributed by atoms with Gasteiger partial charge in [-0.15, -0.1) is 0 Å². The first-order chi connectivity index (χ1) is 7.22. The molecule has 0 spiro atoms. The van der Waals surface area contributed by atoms with Crippen molar-refractivity contribution in [2.24, 2.45) is 17.1 Å². The van der Waals surface area contributed by atoms with Crippen molar-refractivity contribution in [1.29, 1.82) is 0 Å². The lowest BCUT2D eigenvalue weighted by Crippen LogP contribution is -2.27. The third-order valence-electron chi connectivity index (χ3n) is 4.19. The fourth-order valence-corrected chi connectivity index (χ4v) is 3.11. The second-order valence-corrected chi connectivity index (χ2v) is 5.72. The lowest BCUT2D eigenvalue weighted by atomic mass is 9.80. The van der Waals surface area contributed by atoms with E-state index in [1.165, 1.54) is 57.8 Å². The maximum Gasteiger partial charge on any atom is -0.00204 e. The fraction of sp³-hybridized carbons (Fsp3) is 1.00. The van der Waals surface area contributed by atoms with Gasteiger partial charge in [0.1, 0.15) is 0 Å². The largest absolute Gasteiger partial charge is 0.330 e. The van der Waals surface area contributed by atoms with Crippen LogP contribution < -0.4 is 5.73 Å². The van der Waals surface area contributed by atoms with Crippen molar-refractivity contribution in [1.82, 2.24) is 0 Å². The van der Waals surface area contributed by atoms with Crippen molar-refractivity contribution < 1.29 is 0 Å². The van der Waals surface area contributed by atoms with Crippen molar-refractivity contribution in [3.63, 3.8) is 0 Å². The normalized spacial score (nSPS) is 31.0. The minimum atomic E-state index is 0.533. The van der Waals surface area contributed by atoms with E-state index in [0.717, 1.165) is 12.5 Å². The van der Waals surface area contributed by atoms with Crippen LogP contribution in [-0.4, -0.2) is 6.54 Å². The van der Waals surface area contributed by atoms with E-state index in [0.29, 0.717) is 5.41 Å². The Labute approximate surface area is 95.8 Å². The lowest BCUT2D eigenvalue weighted by Gasteiger charge is -2.27. The molecule has 15 heavy (non-hydrogen) atoms. The summed E-state index contributed by atoms with van der Waals surface area (Å²) < 4.78 is 0. The maximum absolute atomic E-state index is 5.97. The molecule has 1 fully saturated rings. The highest BCUT2D eigenvalue weighted by atomic mass is 14.6. The van der Waals surface area contributed by atoms with E-state index in [4.69, 9.17) is 5.73 Å². The zero-order chi connectivity index (χ0) is 11.1. The van der Waals surface area contributed by atoms with Gasteiger partial charge in [0.25, 0.3) is 0 Å². The Kier molecular flexibility index (Phi) is 5.66. The Morgan fingerprint density at radius 1 is 1.20 bits per heavy atom. The van der Waals surface area contributed by atoms with Crippen LogP contribution in [0.5, 0.6) is 0 Å². The summed E-state index contributed by atoms with van der Waals surface area (Å²) in [7, 11) is 0. The topological polar surface area (TPSA) is 26.0 Å². The van der Waals surface area contributed by atoms with Crippen LogP contribution in [0.25, 0.3) is 0 Å². The Balaban J connectivity index is 2.17. The third kappa shape index (κ3) is 4.14.